The zero-order valence-electron chi connectivity index (χ0n) is 20.4. The standard InChI is InChI=1S/C28H32N4O3/c1-17-22-14-28(34)25-11-19-5-6-21(35-2)13-23(19)27(28,8-10-31(25)16-18-3-4-18)15-24(22)30-32(17)20-7-9-29-26(33)12-20/h5-7,9,12-13,18,25,34H,3-4,8,10-11,14-16H2,1-2H3,(H,29,33)/t25-,27-,28-/m1/s1. The average molecular weight is 473 g/mol. The van der Waals surface area contributed by atoms with Gasteiger partial charge in [-0.15, -0.1) is 0 Å². The molecular weight excluding hydrogens is 440 g/mol. The molecule has 3 aliphatic carbocycles. The number of pyridine rings is 1. The van der Waals surface area contributed by atoms with Crippen LogP contribution in [0.2, 0.25) is 0 Å². The van der Waals surface area contributed by atoms with E-state index < -0.39 is 11.0 Å². The molecule has 0 radical (unpaired) electrons. The molecule has 1 saturated carbocycles. The van der Waals surface area contributed by atoms with Crippen molar-refractivity contribution in [2.24, 2.45) is 5.92 Å². The Labute approximate surface area is 204 Å². The van der Waals surface area contributed by atoms with E-state index in [9.17, 15) is 9.90 Å². The van der Waals surface area contributed by atoms with Crippen LogP contribution in [0, 0.1) is 12.8 Å². The van der Waals surface area contributed by atoms with E-state index in [2.05, 4.69) is 35.0 Å². The van der Waals surface area contributed by atoms with Crippen LogP contribution in [0.1, 0.15) is 47.3 Å². The molecule has 35 heavy (non-hydrogen) atoms. The lowest BCUT2D eigenvalue weighted by Crippen LogP contribution is -2.74. The molecule has 7 heteroatoms. The fraction of sp³-hybridized carbons (Fsp3) is 0.500. The Morgan fingerprint density at radius 2 is 2.09 bits per heavy atom. The number of ether oxygens (including phenoxy) is 1. The molecular formula is C28H32N4O3. The summed E-state index contributed by atoms with van der Waals surface area (Å²) in [4.78, 5) is 17.3. The van der Waals surface area contributed by atoms with Crippen LogP contribution in [0.25, 0.3) is 5.69 Å². The van der Waals surface area contributed by atoms with E-state index >= 15 is 0 Å². The maximum atomic E-state index is 12.8. The number of aromatic amines is 1. The van der Waals surface area contributed by atoms with E-state index in [4.69, 9.17) is 9.84 Å². The predicted molar refractivity (Wildman–Crippen MR) is 132 cm³/mol. The molecule has 2 bridgehead atoms. The SMILES string of the molecule is COc1ccc2c(c1)[C@]13CCN(CC4CC4)[C@H](C2)[C@]1(O)Cc1c(nn(-c2cc[nH]c(=O)c2)c1C)C3. The number of nitrogens with zero attached hydrogens (tertiary/aromatic N) is 3. The Balaban J connectivity index is 1.40. The van der Waals surface area contributed by atoms with Gasteiger partial charge in [0.1, 0.15) is 5.75 Å². The van der Waals surface area contributed by atoms with Crippen molar-refractivity contribution in [3.63, 3.8) is 0 Å². The van der Waals surface area contributed by atoms with E-state index in [-0.39, 0.29) is 11.6 Å². The molecule has 3 atom stereocenters. The van der Waals surface area contributed by atoms with Crippen LogP contribution in [0.15, 0.2) is 41.3 Å². The minimum absolute atomic E-state index is 0.0909. The fourth-order valence-electron chi connectivity index (χ4n) is 7.32. The Morgan fingerprint density at radius 3 is 2.86 bits per heavy atom. The first-order valence-electron chi connectivity index (χ1n) is 12.8. The van der Waals surface area contributed by atoms with Crippen molar-refractivity contribution < 1.29 is 9.84 Å². The van der Waals surface area contributed by atoms with Gasteiger partial charge in [0.25, 0.3) is 0 Å². The fourth-order valence-corrected chi connectivity index (χ4v) is 7.32. The summed E-state index contributed by atoms with van der Waals surface area (Å²) in [6, 6.07) is 9.98. The van der Waals surface area contributed by atoms with E-state index in [1.807, 2.05) is 10.7 Å². The third-order valence-electron chi connectivity index (χ3n) is 9.32. The Hall–Kier alpha value is -2.90. The number of fused-ring (bicyclic) bond motifs is 2. The van der Waals surface area contributed by atoms with Crippen molar-refractivity contribution in [1.82, 2.24) is 19.7 Å². The van der Waals surface area contributed by atoms with Crippen molar-refractivity contribution in [3.05, 3.63) is 75.0 Å². The third kappa shape index (κ3) is 2.97. The van der Waals surface area contributed by atoms with Gasteiger partial charge < -0.3 is 14.8 Å². The van der Waals surface area contributed by atoms with Crippen LogP contribution in [-0.2, 0) is 24.7 Å². The second-order valence-electron chi connectivity index (χ2n) is 11.1. The van der Waals surface area contributed by atoms with Gasteiger partial charge in [-0.05, 0) is 80.0 Å². The number of likely N-dealkylation sites (tertiary alicyclic amines) is 1. The lowest BCUT2D eigenvalue weighted by Gasteiger charge is -2.63. The van der Waals surface area contributed by atoms with Gasteiger partial charge >= 0.3 is 0 Å². The van der Waals surface area contributed by atoms with Crippen LogP contribution >= 0.6 is 0 Å². The van der Waals surface area contributed by atoms with Crippen LogP contribution in [-0.4, -0.2) is 56.6 Å². The summed E-state index contributed by atoms with van der Waals surface area (Å²) in [5, 5.41) is 17.8. The van der Waals surface area contributed by atoms with Crippen LogP contribution in [0.5, 0.6) is 5.75 Å². The lowest BCUT2D eigenvalue weighted by molar-refractivity contribution is -0.152. The Morgan fingerprint density at radius 1 is 1.23 bits per heavy atom. The van der Waals surface area contributed by atoms with Crippen molar-refractivity contribution in [2.75, 3.05) is 20.2 Å². The summed E-state index contributed by atoms with van der Waals surface area (Å²) >= 11 is 0. The molecule has 3 aromatic rings. The smallest absolute Gasteiger partial charge is 0.250 e. The van der Waals surface area contributed by atoms with Gasteiger partial charge in [-0.1, -0.05) is 6.07 Å². The van der Waals surface area contributed by atoms with Gasteiger partial charge in [-0.2, -0.15) is 5.10 Å². The zero-order chi connectivity index (χ0) is 23.9. The average Bonchev–Trinajstić information content (AvgIpc) is 3.62. The summed E-state index contributed by atoms with van der Waals surface area (Å²) in [6.45, 7) is 4.15. The number of benzene rings is 1. The number of hydrogen-bond donors (Lipinski definition) is 2. The minimum atomic E-state index is -0.876. The maximum Gasteiger partial charge on any atom is 0.250 e. The Bertz CT molecular complexity index is 1390. The second-order valence-corrected chi connectivity index (χ2v) is 11.1. The maximum absolute atomic E-state index is 12.8. The molecule has 0 unspecified atom stereocenters. The summed E-state index contributed by atoms with van der Waals surface area (Å²) in [5.41, 5.74) is 5.09. The van der Waals surface area contributed by atoms with Gasteiger partial charge in [0.05, 0.1) is 24.1 Å². The van der Waals surface area contributed by atoms with Crippen molar-refractivity contribution in [1.29, 1.82) is 0 Å². The number of aliphatic hydroxyl groups is 1. The number of rotatable bonds is 4. The largest absolute Gasteiger partial charge is 0.497 e. The summed E-state index contributed by atoms with van der Waals surface area (Å²) in [5.74, 6) is 1.62. The van der Waals surface area contributed by atoms with Gasteiger partial charge in [-0.25, -0.2) is 4.68 Å². The highest BCUT2D eigenvalue weighted by molar-refractivity contribution is 5.53. The van der Waals surface area contributed by atoms with Crippen LogP contribution < -0.4 is 10.3 Å². The molecule has 7 rings (SSSR count). The first kappa shape index (κ1) is 21.4. The zero-order valence-corrected chi connectivity index (χ0v) is 20.4. The van der Waals surface area contributed by atoms with Crippen LogP contribution in [0.3, 0.4) is 0 Å². The number of methoxy groups -OCH3 is 1. The summed E-state index contributed by atoms with van der Waals surface area (Å²) in [6.07, 6.45) is 7.34. The second kappa shape index (κ2) is 7.31. The highest BCUT2D eigenvalue weighted by atomic mass is 16.5. The summed E-state index contributed by atoms with van der Waals surface area (Å²) in [7, 11) is 1.71. The van der Waals surface area contributed by atoms with Crippen LogP contribution in [0.4, 0.5) is 0 Å². The molecule has 4 aliphatic rings. The number of piperidine rings is 1. The highest BCUT2D eigenvalue weighted by Gasteiger charge is 2.65. The van der Waals surface area contributed by atoms with Crippen molar-refractivity contribution in [2.45, 2.75) is 62.5 Å². The summed E-state index contributed by atoms with van der Waals surface area (Å²) < 4.78 is 7.51. The van der Waals surface area contributed by atoms with Gasteiger partial charge in [0.2, 0.25) is 5.56 Å². The molecule has 182 valence electrons. The first-order chi connectivity index (χ1) is 16.9. The van der Waals surface area contributed by atoms with Crippen molar-refractivity contribution >= 4 is 0 Å². The minimum Gasteiger partial charge on any atom is -0.497 e. The first-order valence-corrected chi connectivity index (χ1v) is 12.8. The molecule has 7 nitrogen and oxygen atoms in total. The normalized spacial score (nSPS) is 29.3. The Kier molecular flexibility index (Phi) is 4.46. The number of H-pyrrole nitrogens is 1. The third-order valence-corrected chi connectivity index (χ3v) is 9.32. The molecule has 2 fully saturated rings. The highest BCUT2D eigenvalue weighted by Crippen LogP contribution is 2.58. The van der Waals surface area contributed by atoms with E-state index in [1.54, 1.807) is 19.4 Å². The monoisotopic (exact) mass is 472 g/mol. The van der Waals surface area contributed by atoms with Gasteiger partial charge in [-0.3, -0.25) is 9.69 Å². The van der Waals surface area contributed by atoms with Crippen molar-refractivity contribution in [3.8, 4) is 11.4 Å². The molecule has 3 heterocycles. The predicted octanol–water partition coefficient (Wildman–Crippen LogP) is 2.69. The molecule has 0 spiro atoms. The molecule has 2 aromatic heterocycles. The lowest BCUT2D eigenvalue weighted by atomic mass is 9.49. The molecule has 1 saturated heterocycles. The number of nitrogens with one attached hydrogen (secondary N) is 1. The van der Waals surface area contributed by atoms with Gasteiger partial charge in [0.15, 0.2) is 0 Å². The van der Waals surface area contributed by atoms with E-state index in [0.717, 1.165) is 60.2 Å². The molecule has 1 aliphatic heterocycles. The number of aromatic nitrogens is 3. The van der Waals surface area contributed by atoms with E-state index in [1.165, 1.54) is 24.0 Å². The molecule has 1 aromatic carbocycles. The quantitative estimate of drug-likeness (QED) is 0.610. The van der Waals surface area contributed by atoms with Gasteiger partial charge in [0, 0.05) is 48.8 Å². The molecule has 0 amide bonds. The topological polar surface area (TPSA) is 83.4 Å². The number of hydrogen-bond acceptors (Lipinski definition) is 5. The van der Waals surface area contributed by atoms with E-state index in [0.29, 0.717) is 12.8 Å². The molecule has 2 N–H and O–H groups in total.